The summed E-state index contributed by atoms with van der Waals surface area (Å²) in [4.78, 5) is 17.1. The van der Waals surface area contributed by atoms with Gasteiger partial charge in [0.2, 0.25) is 5.89 Å². The van der Waals surface area contributed by atoms with Crippen LogP contribution in [0.25, 0.3) is 0 Å². The standard InChI is InChI=1S/C16H22N4O2/c1-15(2-3-15)14-18-17-12(22-14)13(21)19-6-7-20-10-16(4-5-16)8-11(20)9-19/h11H,2-10H2,1H3/t11-/m0/s1. The van der Waals surface area contributed by atoms with Crippen LogP contribution in [0.1, 0.15) is 55.6 Å². The summed E-state index contributed by atoms with van der Waals surface area (Å²) in [6.07, 6.45) is 6.15. The number of hydrogen-bond acceptors (Lipinski definition) is 5. The highest BCUT2D eigenvalue weighted by Gasteiger charge is 2.53. The van der Waals surface area contributed by atoms with Crippen LogP contribution in [-0.2, 0) is 5.41 Å². The first-order valence-electron chi connectivity index (χ1n) is 8.44. The second kappa shape index (κ2) is 4.10. The van der Waals surface area contributed by atoms with E-state index in [2.05, 4.69) is 22.0 Å². The van der Waals surface area contributed by atoms with Gasteiger partial charge in [0, 0.05) is 37.6 Å². The largest absolute Gasteiger partial charge is 0.416 e. The van der Waals surface area contributed by atoms with Crippen molar-refractivity contribution in [3.63, 3.8) is 0 Å². The van der Waals surface area contributed by atoms with E-state index in [-0.39, 0.29) is 17.2 Å². The molecular formula is C16H22N4O2. The predicted octanol–water partition coefficient (Wildman–Crippen LogP) is 1.43. The molecule has 118 valence electrons. The molecule has 1 atom stereocenters. The number of carbonyl (C=O) groups is 1. The lowest BCUT2D eigenvalue weighted by molar-refractivity contribution is 0.0531. The van der Waals surface area contributed by atoms with E-state index in [1.54, 1.807) is 0 Å². The van der Waals surface area contributed by atoms with Crippen molar-refractivity contribution in [1.29, 1.82) is 0 Å². The molecular weight excluding hydrogens is 280 g/mol. The normalized spacial score (nSPS) is 31.3. The number of rotatable bonds is 2. The van der Waals surface area contributed by atoms with Gasteiger partial charge in [-0.05, 0) is 37.5 Å². The molecule has 6 heteroatoms. The van der Waals surface area contributed by atoms with Gasteiger partial charge in [-0.1, -0.05) is 6.92 Å². The van der Waals surface area contributed by atoms with Gasteiger partial charge in [-0.3, -0.25) is 9.69 Å². The SMILES string of the molecule is CC1(c2nnc(C(=O)N3CCN4CC5(CC5)C[C@H]4C3)o2)CC1. The number of fused-ring (bicyclic) bond motifs is 1. The topological polar surface area (TPSA) is 62.5 Å². The van der Waals surface area contributed by atoms with E-state index < -0.39 is 0 Å². The first-order valence-corrected chi connectivity index (χ1v) is 8.44. The van der Waals surface area contributed by atoms with Crippen molar-refractivity contribution in [2.75, 3.05) is 26.2 Å². The molecule has 1 aromatic rings. The van der Waals surface area contributed by atoms with E-state index in [4.69, 9.17) is 4.42 Å². The Morgan fingerprint density at radius 3 is 2.77 bits per heavy atom. The Kier molecular flexibility index (Phi) is 2.43. The van der Waals surface area contributed by atoms with Crippen molar-refractivity contribution in [1.82, 2.24) is 20.0 Å². The Morgan fingerprint density at radius 1 is 1.23 bits per heavy atom. The lowest BCUT2D eigenvalue weighted by Gasteiger charge is -2.36. The molecule has 2 saturated heterocycles. The molecule has 2 aliphatic carbocycles. The van der Waals surface area contributed by atoms with Crippen molar-refractivity contribution in [3.05, 3.63) is 11.8 Å². The Hall–Kier alpha value is -1.43. The Labute approximate surface area is 129 Å². The van der Waals surface area contributed by atoms with E-state index in [1.165, 1.54) is 25.8 Å². The highest BCUT2D eigenvalue weighted by Crippen LogP contribution is 2.55. The van der Waals surface area contributed by atoms with Crippen LogP contribution in [0.15, 0.2) is 4.42 Å². The number of carbonyl (C=O) groups excluding carboxylic acids is 1. The fraction of sp³-hybridized carbons (Fsp3) is 0.812. The van der Waals surface area contributed by atoms with Crippen LogP contribution in [0, 0.1) is 5.41 Å². The number of nitrogens with zero attached hydrogens (tertiary/aromatic N) is 4. The molecule has 1 spiro atoms. The second-order valence-electron chi connectivity index (χ2n) is 8.05. The summed E-state index contributed by atoms with van der Waals surface area (Å²) in [5, 5.41) is 8.09. The quantitative estimate of drug-likeness (QED) is 0.827. The summed E-state index contributed by atoms with van der Waals surface area (Å²) in [5.74, 6) is 0.724. The smallest absolute Gasteiger partial charge is 0.311 e. The summed E-state index contributed by atoms with van der Waals surface area (Å²) in [6, 6.07) is 0.531. The first kappa shape index (κ1) is 13.0. The summed E-state index contributed by atoms with van der Waals surface area (Å²) >= 11 is 0. The van der Waals surface area contributed by atoms with Crippen molar-refractivity contribution in [3.8, 4) is 0 Å². The summed E-state index contributed by atoms with van der Waals surface area (Å²) in [5.41, 5.74) is 0.621. The van der Waals surface area contributed by atoms with Gasteiger partial charge < -0.3 is 9.32 Å². The van der Waals surface area contributed by atoms with Gasteiger partial charge in [0.1, 0.15) is 0 Å². The third-order valence-corrected chi connectivity index (χ3v) is 6.18. The average Bonchev–Trinajstić information content (AvgIpc) is 3.32. The molecule has 6 nitrogen and oxygen atoms in total. The zero-order valence-electron chi connectivity index (χ0n) is 13.0. The summed E-state index contributed by atoms with van der Waals surface area (Å²) < 4.78 is 5.66. The lowest BCUT2D eigenvalue weighted by atomic mass is 10.0. The van der Waals surface area contributed by atoms with Crippen molar-refractivity contribution in [2.45, 2.75) is 50.5 Å². The monoisotopic (exact) mass is 302 g/mol. The zero-order chi connectivity index (χ0) is 14.9. The molecule has 0 radical (unpaired) electrons. The van der Waals surface area contributed by atoms with Crippen LogP contribution in [-0.4, -0.2) is 58.1 Å². The Morgan fingerprint density at radius 2 is 2.05 bits per heavy atom. The van der Waals surface area contributed by atoms with Crippen LogP contribution < -0.4 is 0 Å². The highest BCUT2D eigenvalue weighted by molar-refractivity contribution is 5.89. The van der Waals surface area contributed by atoms with Crippen LogP contribution in [0.5, 0.6) is 0 Å². The molecule has 5 rings (SSSR count). The molecule has 4 fully saturated rings. The molecule has 0 unspecified atom stereocenters. The Bertz CT molecular complexity index is 632. The number of hydrogen-bond donors (Lipinski definition) is 0. The van der Waals surface area contributed by atoms with Gasteiger partial charge in [-0.15, -0.1) is 10.2 Å². The van der Waals surface area contributed by atoms with E-state index in [0.717, 1.165) is 32.5 Å². The number of amides is 1. The molecule has 2 aliphatic heterocycles. The summed E-state index contributed by atoms with van der Waals surface area (Å²) in [7, 11) is 0. The van der Waals surface area contributed by atoms with Gasteiger partial charge in [0.15, 0.2) is 0 Å². The van der Waals surface area contributed by atoms with Crippen LogP contribution in [0.2, 0.25) is 0 Å². The molecule has 0 bridgehead atoms. The molecule has 22 heavy (non-hydrogen) atoms. The van der Waals surface area contributed by atoms with Crippen molar-refractivity contribution < 1.29 is 9.21 Å². The predicted molar refractivity (Wildman–Crippen MR) is 78.4 cm³/mol. The maximum absolute atomic E-state index is 12.6. The van der Waals surface area contributed by atoms with Crippen molar-refractivity contribution in [2.24, 2.45) is 5.41 Å². The molecule has 3 heterocycles. The average molecular weight is 302 g/mol. The fourth-order valence-electron chi connectivity index (χ4n) is 4.10. The maximum atomic E-state index is 12.6. The van der Waals surface area contributed by atoms with Gasteiger partial charge in [0.25, 0.3) is 0 Å². The lowest BCUT2D eigenvalue weighted by Crippen LogP contribution is -2.52. The van der Waals surface area contributed by atoms with Gasteiger partial charge >= 0.3 is 11.8 Å². The third-order valence-electron chi connectivity index (χ3n) is 6.18. The van der Waals surface area contributed by atoms with E-state index in [0.29, 0.717) is 17.3 Å². The van der Waals surface area contributed by atoms with Crippen LogP contribution in [0.4, 0.5) is 0 Å². The van der Waals surface area contributed by atoms with Gasteiger partial charge in [0.05, 0.1) is 0 Å². The van der Waals surface area contributed by atoms with Crippen molar-refractivity contribution >= 4 is 5.91 Å². The Balaban J connectivity index is 1.30. The number of aromatic nitrogens is 2. The van der Waals surface area contributed by atoms with Crippen LogP contribution in [0.3, 0.4) is 0 Å². The van der Waals surface area contributed by atoms with E-state index in [1.807, 2.05) is 4.90 Å². The second-order valence-corrected chi connectivity index (χ2v) is 8.05. The summed E-state index contributed by atoms with van der Waals surface area (Å²) in [6.45, 7) is 5.93. The zero-order valence-corrected chi connectivity index (χ0v) is 13.0. The minimum absolute atomic E-state index is 0.0219. The molecule has 2 saturated carbocycles. The minimum Gasteiger partial charge on any atom is -0.416 e. The molecule has 1 aromatic heterocycles. The van der Waals surface area contributed by atoms with E-state index in [9.17, 15) is 4.79 Å². The molecule has 0 N–H and O–H groups in total. The first-order chi connectivity index (χ1) is 10.6. The van der Waals surface area contributed by atoms with Gasteiger partial charge in [-0.2, -0.15) is 0 Å². The molecule has 0 aromatic carbocycles. The maximum Gasteiger partial charge on any atom is 0.311 e. The molecule has 4 aliphatic rings. The third kappa shape index (κ3) is 1.93. The van der Waals surface area contributed by atoms with Gasteiger partial charge in [-0.25, -0.2) is 0 Å². The minimum atomic E-state index is -0.0839. The van der Waals surface area contributed by atoms with E-state index >= 15 is 0 Å². The number of piperazine rings is 1. The molecule has 1 amide bonds. The van der Waals surface area contributed by atoms with Crippen LogP contribution >= 0.6 is 0 Å². The fourth-order valence-corrected chi connectivity index (χ4v) is 4.10. The highest BCUT2D eigenvalue weighted by atomic mass is 16.4.